The SMILES string of the molecule is Cc1cc(Cl)cc(C(=O)NC(C)C(C)C)c1NC(=O)c1cc(OC2CSC2)nn1-c1ncccc1Cl. The minimum absolute atomic E-state index is 0.0326. The van der Waals surface area contributed by atoms with E-state index >= 15 is 0 Å². The van der Waals surface area contributed by atoms with Gasteiger partial charge in [0.25, 0.3) is 11.8 Å². The number of halogens is 2. The fourth-order valence-corrected chi connectivity index (χ4v) is 4.48. The molecule has 2 N–H and O–H groups in total. The Morgan fingerprint density at radius 1 is 1.17 bits per heavy atom. The molecule has 11 heteroatoms. The first-order valence-electron chi connectivity index (χ1n) is 11.5. The highest BCUT2D eigenvalue weighted by atomic mass is 35.5. The summed E-state index contributed by atoms with van der Waals surface area (Å²) in [6.45, 7) is 7.74. The Morgan fingerprint density at radius 2 is 1.92 bits per heavy atom. The zero-order chi connectivity index (χ0) is 26.0. The monoisotopic (exact) mass is 547 g/mol. The number of aryl methyl sites for hydroxylation is 1. The van der Waals surface area contributed by atoms with E-state index in [1.165, 1.54) is 4.68 Å². The van der Waals surface area contributed by atoms with Gasteiger partial charge < -0.3 is 15.4 Å². The highest BCUT2D eigenvalue weighted by Crippen LogP contribution is 2.29. The third-order valence-corrected chi connectivity index (χ3v) is 7.62. The summed E-state index contributed by atoms with van der Waals surface area (Å²) in [7, 11) is 0. The second kappa shape index (κ2) is 11.1. The molecule has 2 aromatic heterocycles. The molecule has 0 saturated carbocycles. The molecule has 1 unspecified atom stereocenters. The van der Waals surface area contributed by atoms with E-state index in [1.807, 2.05) is 20.8 Å². The lowest BCUT2D eigenvalue weighted by atomic mass is 10.0. The van der Waals surface area contributed by atoms with Gasteiger partial charge in [0.05, 0.1) is 16.3 Å². The number of thioether (sulfide) groups is 1. The molecule has 0 bridgehead atoms. The third-order valence-electron chi connectivity index (χ3n) is 5.90. The average Bonchev–Trinajstić information content (AvgIpc) is 3.22. The number of hydrogen-bond donors (Lipinski definition) is 2. The van der Waals surface area contributed by atoms with Crippen LogP contribution < -0.4 is 15.4 Å². The van der Waals surface area contributed by atoms with E-state index in [4.69, 9.17) is 27.9 Å². The van der Waals surface area contributed by atoms with Crippen LogP contribution in [0.2, 0.25) is 10.0 Å². The largest absolute Gasteiger partial charge is 0.472 e. The molecule has 8 nitrogen and oxygen atoms in total. The van der Waals surface area contributed by atoms with Crippen molar-refractivity contribution in [1.82, 2.24) is 20.1 Å². The Labute approximate surface area is 224 Å². The molecule has 3 aromatic rings. The molecule has 1 saturated heterocycles. The summed E-state index contributed by atoms with van der Waals surface area (Å²) in [6, 6.07) is 8.07. The molecule has 2 amide bonds. The summed E-state index contributed by atoms with van der Waals surface area (Å²) in [4.78, 5) is 31.0. The number of nitrogens with one attached hydrogen (secondary N) is 2. The van der Waals surface area contributed by atoms with Crippen molar-refractivity contribution in [3.8, 4) is 11.7 Å². The van der Waals surface area contributed by atoms with Crippen molar-refractivity contribution >= 4 is 52.5 Å². The Balaban J connectivity index is 1.70. The summed E-state index contributed by atoms with van der Waals surface area (Å²) in [5.74, 6) is 1.70. The second-order valence-electron chi connectivity index (χ2n) is 8.97. The van der Waals surface area contributed by atoms with Gasteiger partial charge in [-0.05, 0) is 49.6 Å². The smallest absolute Gasteiger partial charge is 0.274 e. The van der Waals surface area contributed by atoms with Gasteiger partial charge in [-0.25, -0.2) is 9.67 Å². The van der Waals surface area contributed by atoms with Gasteiger partial charge in [-0.3, -0.25) is 9.59 Å². The van der Waals surface area contributed by atoms with E-state index in [9.17, 15) is 9.59 Å². The lowest BCUT2D eigenvalue weighted by Gasteiger charge is -2.24. The predicted molar refractivity (Wildman–Crippen MR) is 144 cm³/mol. The van der Waals surface area contributed by atoms with Crippen molar-refractivity contribution in [3.05, 3.63) is 63.4 Å². The Kier molecular flexibility index (Phi) is 8.12. The molecule has 1 aliphatic rings. The van der Waals surface area contributed by atoms with Crippen LogP contribution in [0.5, 0.6) is 5.88 Å². The van der Waals surface area contributed by atoms with Gasteiger partial charge in [-0.2, -0.15) is 11.8 Å². The van der Waals surface area contributed by atoms with Crippen LogP contribution in [0.4, 0.5) is 5.69 Å². The van der Waals surface area contributed by atoms with E-state index < -0.39 is 5.91 Å². The number of pyridine rings is 1. The van der Waals surface area contributed by atoms with Crippen LogP contribution in [-0.2, 0) is 0 Å². The van der Waals surface area contributed by atoms with E-state index in [0.717, 1.165) is 11.5 Å². The first kappa shape index (κ1) is 26.3. The average molecular weight is 548 g/mol. The van der Waals surface area contributed by atoms with Gasteiger partial charge in [-0.1, -0.05) is 37.0 Å². The van der Waals surface area contributed by atoms with Gasteiger partial charge in [-0.15, -0.1) is 5.10 Å². The van der Waals surface area contributed by atoms with Crippen molar-refractivity contribution < 1.29 is 14.3 Å². The standard InChI is InChI=1S/C25H27Cl2N5O3S/c1-13(2)15(4)29-24(33)18-9-16(26)8-14(3)22(18)30-25(34)20-10-21(35-17-11-36-12-17)31-32(20)23-19(27)6-5-7-28-23/h5-10,13,15,17H,11-12H2,1-4H3,(H,29,33)(H,30,34). The number of anilines is 1. The molecule has 190 valence electrons. The first-order chi connectivity index (χ1) is 17.1. The molecule has 4 rings (SSSR count). The highest BCUT2D eigenvalue weighted by molar-refractivity contribution is 8.00. The molecule has 0 spiro atoms. The highest BCUT2D eigenvalue weighted by Gasteiger charge is 2.26. The minimum atomic E-state index is -0.501. The van der Waals surface area contributed by atoms with Crippen molar-refractivity contribution in [2.45, 2.75) is 39.8 Å². The number of amides is 2. The number of ether oxygens (including phenoxy) is 1. The molecule has 1 atom stereocenters. The topological polar surface area (TPSA) is 98.1 Å². The molecule has 0 aliphatic carbocycles. The molecule has 3 heterocycles. The van der Waals surface area contributed by atoms with Crippen LogP contribution >= 0.6 is 35.0 Å². The molecular formula is C25H27Cl2N5O3S. The summed E-state index contributed by atoms with van der Waals surface area (Å²) in [5, 5.41) is 11.0. The number of aromatic nitrogens is 3. The van der Waals surface area contributed by atoms with Gasteiger partial charge >= 0.3 is 0 Å². The van der Waals surface area contributed by atoms with Crippen LogP contribution in [0.15, 0.2) is 36.5 Å². The Bertz CT molecular complexity index is 1290. The summed E-state index contributed by atoms with van der Waals surface area (Å²) in [6.07, 6.45) is 1.60. The lowest BCUT2D eigenvalue weighted by molar-refractivity contribution is 0.0931. The molecule has 1 aliphatic heterocycles. The predicted octanol–water partition coefficient (Wildman–Crippen LogP) is 5.40. The molecular weight excluding hydrogens is 521 g/mol. The summed E-state index contributed by atoms with van der Waals surface area (Å²) in [5.41, 5.74) is 1.43. The molecule has 36 heavy (non-hydrogen) atoms. The number of rotatable bonds is 8. The second-order valence-corrected chi connectivity index (χ2v) is 10.9. The van der Waals surface area contributed by atoms with E-state index in [0.29, 0.717) is 33.0 Å². The van der Waals surface area contributed by atoms with Gasteiger partial charge in [0.2, 0.25) is 5.88 Å². The fourth-order valence-electron chi connectivity index (χ4n) is 3.44. The van der Waals surface area contributed by atoms with E-state index in [2.05, 4.69) is 20.7 Å². The van der Waals surface area contributed by atoms with Crippen molar-refractivity contribution in [3.63, 3.8) is 0 Å². The van der Waals surface area contributed by atoms with Crippen molar-refractivity contribution in [1.29, 1.82) is 0 Å². The lowest BCUT2D eigenvalue weighted by Crippen LogP contribution is -2.36. The third kappa shape index (κ3) is 5.79. The maximum Gasteiger partial charge on any atom is 0.274 e. The maximum absolute atomic E-state index is 13.6. The maximum atomic E-state index is 13.6. The summed E-state index contributed by atoms with van der Waals surface area (Å²) < 4.78 is 7.27. The zero-order valence-electron chi connectivity index (χ0n) is 20.3. The van der Waals surface area contributed by atoms with Crippen molar-refractivity contribution in [2.24, 2.45) is 5.92 Å². The minimum Gasteiger partial charge on any atom is -0.472 e. The van der Waals surface area contributed by atoms with Gasteiger partial charge in [0.1, 0.15) is 11.8 Å². The molecule has 0 radical (unpaired) electrons. The van der Waals surface area contributed by atoms with Crippen LogP contribution in [0.25, 0.3) is 5.82 Å². The quantitative estimate of drug-likeness (QED) is 0.391. The summed E-state index contributed by atoms with van der Waals surface area (Å²) >= 11 is 14.4. The van der Waals surface area contributed by atoms with Gasteiger partial charge in [0.15, 0.2) is 5.82 Å². The Hall–Kier alpha value is -2.75. The van der Waals surface area contributed by atoms with Crippen molar-refractivity contribution in [2.75, 3.05) is 16.8 Å². The van der Waals surface area contributed by atoms with E-state index in [1.54, 1.807) is 55.2 Å². The molecule has 1 aromatic carbocycles. The van der Waals surface area contributed by atoms with E-state index in [-0.39, 0.29) is 35.2 Å². The first-order valence-corrected chi connectivity index (χ1v) is 13.4. The normalized spacial score (nSPS) is 14.3. The Morgan fingerprint density at radius 3 is 2.56 bits per heavy atom. The number of carbonyl (C=O) groups excluding carboxylic acids is 2. The number of benzene rings is 1. The fraction of sp³-hybridized carbons (Fsp3) is 0.360. The number of hydrogen-bond acceptors (Lipinski definition) is 6. The van der Waals surface area contributed by atoms with Crippen LogP contribution in [0.3, 0.4) is 0 Å². The molecule has 1 fully saturated rings. The number of nitrogens with zero attached hydrogens (tertiary/aromatic N) is 3. The van der Waals surface area contributed by atoms with Crippen LogP contribution in [-0.4, -0.2) is 50.2 Å². The zero-order valence-corrected chi connectivity index (χ0v) is 22.7. The number of carbonyl (C=O) groups is 2. The van der Waals surface area contributed by atoms with Crippen LogP contribution in [0, 0.1) is 12.8 Å². The van der Waals surface area contributed by atoms with Gasteiger partial charge in [0, 0.05) is 34.8 Å². The van der Waals surface area contributed by atoms with Crippen LogP contribution in [0.1, 0.15) is 47.2 Å².